The summed E-state index contributed by atoms with van der Waals surface area (Å²) in [5.74, 6) is 1.81. The maximum absolute atomic E-state index is 11.3. The van der Waals surface area contributed by atoms with E-state index in [4.69, 9.17) is 30.4 Å². The van der Waals surface area contributed by atoms with Crippen LogP contribution >= 0.6 is 0 Å². The molecule has 0 fully saturated rings. The van der Waals surface area contributed by atoms with Crippen molar-refractivity contribution in [2.75, 3.05) is 0 Å². The molecule has 4 rings (SSSR count). The summed E-state index contributed by atoms with van der Waals surface area (Å²) < 4.78 is 0. The molecule has 0 saturated heterocycles. The Kier molecular flexibility index (Phi) is 36.0. The fourth-order valence-corrected chi connectivity index (χ4v) is 8.66. The van der Waals surface area contributed by atoms with Crippen LogP contribution in [0, 0.1) is 11.8 Å². The molecule has 0 bridgehead atoms. The third-order valence-corrected chi connectivity index (χ3v) is 12.9. The Hall–Kier alpha value is -5.42. The summed E-state index contributed by atoms with van der Waals surface area (Å²) in [6, 6.07) is 19.3. The van der Waals surface area contributed by atoms with Gasteiger partial charge in [0.1, 0.15) is 17.2 Å². The molecule has 4 aromatic rings. The summed E-state index contributed by atoms with van der Waals surface area (Å²) in [5, 5.41) is 58.3. The number of unbranched alkanes of at least 4 members (excludes halogenated alkanes) is 11. The van der Waals surface area contributed by atoms with Crippen LogP contribution in [0.5, 0.6) is 23.0 Å². The van der Waals surface area contributed by atoms with Gasteiger partial charge in [-0.2, -0.15) is 0 Å². The van der Waals surface area contributed by atoms with Crippen LogP contribution in [0.25, 0.3) is 0 Å². The van der Waals surface area contributed by atoms with Crippen LogP contribution in [0.3, 0.4) is 0 Å². The van der Waals surface area contributed by atoms with E-state index in [1.54, 1.807) is 0 Å². The SMILES string of the molecule is CCCCC#CC(=Nc1ccc(CCCCC)c(CCCCC)c1)C(CCCC)=Nc1ccc(CCCCC)c(CCCCC)c1.CCCc1ccc(O)c([O-])c1C(=O)O.CCCc1ccc(O)c([O-])c1C(=O)O.[Pd+2]. The molecular weight excluding hydrogens is 1030 g/mol. The molecule has 0 saturated carbocycles. The maximum Gasteiger partial charge on any atom is 2.00 e. The molecule has 4 N–H and O–H groups in total. The smallest absolute Gasteiger partial charge is 0.869 e. The third kappa shape index (κ3) is 24.9. The molecule has 0 heterocycles. The van der Waals surface area contributed by atoms with Gasteiger partial charge < -0.3 is 30.6 Å². The number of rotatable bonds is 30. The minimum absolute atomic E-state index is 0. The standard InChI is InChI=1S/C44H68N2.2C10H12O4.Pd/c1-7-13-19-24-30-44(46-42-34-32-38(26-21-15-9-3)40(36-42)28-23-17-11-5)43(29-18-12-6)45-41-33-31-37(25-20-14-8-2)39(35-41)27-22-16-10-4;2*1-2-3-6-4-5-7(11)9(12)8(6)10(13)14;/h31-36H,7-23,25-29H2,1-6H3;2*4-5,11-12H,2-3H2,1H3,(H,13,14);/q;;;+2/p-2. The first-order valence-corrected chi connectivity index (χ1v) is 28.1. The number of aromatic hydroxyl groups is 2. The van der Waals surface area contributed by atoms with Crippen molar-refractivity contribution in [3.05, 3.63) is 105 Å². The summed E-state index contributed by atoms with van der Waals surface area (Å²) in [5.41, 5.74) is 10.3. The zero-order valence-electron chi connectivity index (χ0n) is 46.8. The van der Waals surface area contributed by atoms with E-state index < -0.39 is 34.9 Å². The van der Waals surface area contributed by atoms with E-state index in [-0.39, 0.29) is 31.5 Å². The number of phenolic OH excluding ortho intramolecular Hbond substituents is 2. The second-order valence-corrected chi connectivity index (χ2v) is 19.3. The van der Waals surface area contributed by atoms with Gasteiger partial charge in [-0.3, -0.25) is 4.99 Å². The Balaban J connectivity index is 0.000000780. The van der Waals surface area contributed by atoms with Crippen LogP contribution in [0.1, 0.15) is 238 Å². The number of aliphatic imine (C=N–C) groups is 2. The zero-order chi connectivity index (χ0) is 54.7. The molecule has 0 radical (unpaired) electrons. The largest absolute Gasteiger partial charge is 2.00 e. The van der Waals surface area contributed by atoms with Gasteiger partial charge in [-0.1, -0.05) is 174 Å². The monoisotopic (exact) mass is 1120 g/mol. The van der Waals surface area contributed by atoms with Crippen molar-refractivity contribution in [2.45, 2.75) is 222 Å². The predicted molar refractivity (Wildman–Crippen MR) is 304 cm³/mol. The van der Waals surface area contributed by atoms with E-state index in [1.165, 1.54) is 136 Å². The molecule has 75 heavy (non-hydrogen) atoms. The van der Waals surface area contributed by atoms with E-state index in [1.807, 2.05) is 13.8 Å². The first-order valence-electron chi connectivity index (χ1n) is 28.1. The summed E-state index contributed by atoms with van der Waals surface area (Å²) in [6.45, 7) is 17.4. The van der Waals surface area contributed by atoms with Crippen LogP contribution in [-0.4, -0.2) is 43.8 Å². The van der Waals surface area contributed by atoms with Crippen molar-refractivity contribution in [3.63, 3.8) is 0 Å². The molecule has 4 aromatic carbocycles. The van der Waals surface area contributed by atoms with Crippen LogP contribution in [0.15, 0.2) is 70.6 Å². The second-order valence-electron chi connectivity index (χ2n) is 19.3. The number of carboxylic acids is 2. The Labute approximate surface area is 465 Å². The number of hydrogen-bond donors (Lipinski definition) is 4. The predicted octanol–water partition coefficient (Wildman–Crippen LogP) is 16.1. The number of carboxylic acid groups (broad SMARTS) is 2. The number of aryl methyl sites for hydroxylation is 6. The van der Waals surface area contributed by atoms with Gasteiger partial charge in [0.05, 0.1) is 28.2 Å². The minimum Gasteiger partial charge on any atom is -0.869 e. The van der Waals surface area contributed by atoms with Crippen LogP contribution < -0.4 is 10.2 Å². The fraction of sp³-hybridized carbons (Fsp3) is 0.531. The van der Waals surface area contributed by atoms with Gasteiger partial charge in [0.25, 0.3) is 0 Å². The van der Waals surface area contributed by atoms with E-state index in [0.29, 0.717) is 24.0 Å². The van der Waals surface area contributed by atoms with Crippen molar-refractivity contribution in [3.8, 4) is 34.8 Å². The molecule has 10 nitrogen and oxygen atoms in total. The topological polar surface area (TPSA) is 186 Å². The first-order chi connectivity index (χ1) is 35.7. The third-order valence-electron chi connectivity index (χ3n) is 12.9. The van der Waals surface area contributed by atoms with E-state index in [0.717, 1.165) is 87.0 Å². The van der Waals surface area contributed by atoms with Crippen molar-refractivity contribution >= 4 is 34.7 Å². The van der Waals surface area contributed by atoms with Gasteiger partial charge in [-0.15, -0.1) is 0 Å². The Morgan fingerprint density at radius 2 is 0.827 bits per heavy atom. The van der Waals surface area contributed by atoms with Crippen LogP contribution in [-0.2, 0) is 58.9 Å². The summed E-state index contributed by atoms with van der Waals surface area (Å²) in [6.07, 6.45) is 28.7. The Morgan fingerprint density at radius 1 is 0.453 bits per heavy atom. The van der Waals surface area contributed by atoms with Gasteiger partial charge >= 0.3 is 32.4 Å². The fourth-order valence-electron chi connectivity index (χ4n) is 8.66. The molecule has 0 aliphatic heterocycles. The van der Waals surface area contributed by atoms with E-state index in [9.17, 15) is 19.8 Å². The number of benzene rings is 4. The minimum atomic E-state index is -1.28. The zero-order valence-corrected chi connectivity index (χ0v) is 48.3. The normalized spacial score (nSPS) is 11.1. The van der Waals surface area contributed by atoms with Gasteiger partial charge in [-0.05, 0) is 159 Å². The Bertz CT molecular complexity index is 2360. The van der Waals surface area contributed by atoms with Crippen molar-refractivity contribution in [1.82, 2.24) is 0 Å². The molecule has 414 valence electrons. The molecule has 0 unspecified atom stereocenters. The summed E-state index contributed by atoms with van der Waals surface area (Å²) in [4.78, 5) is 32.2. The molecule has 0 spiro atoms. The number of hydrogen-bond acceptors (Lipinski definition) is 8. The average molecular weight is 1120 g/mol. The van der Waals surface area contributed by atoms with Gasteiger partial charge in [0, 0.05) is 6.42 Å². The number of nitrogens with zero attached hydrogens (tertiary/aromatic N) is 2. The van der Waals surface area contributed by atoms with Crippen molar-refractivity contribution in [1.29, 1.82) is 0 Å². The first kappa shape index (κ1) is 67.6. The van der Waals surface area contributed by atoms with Gasteiger partial charge in [0.2, 0.25) is 0 Å². The van der Waals surface area contributed by atoms with Gasteiger partial charge in [-0.25, -0.2) is 14.6 Å². The van der Waals surface area contributed by atoms with Crippen LogP contribution in [0.4, 0.5) is 11.4 Å². The van der Waals surface area contributed by atoms with E-state index in [2.05, 4.69) is 89.8 Å². The summed E-state index contributed by atoms with van der Waals surface area (Å²) in [7, 11) is 0. The van der Waals surface area contributed by atoms with Crippen molar-refractivity contribution < 1.29 is 60.7 Å². The van der Waals surface area contributed by atoms with Crippen LogP contribution in [0.2, 0.25) is 0 Å². The molecule has 0 aliphatic rings. The molecule has 0 atom stereocenters. The molecular formula is C64H90N2O8Pd. The summed E-state index contributed by atoms with van der Waals surface area (Å²) >= 11 is 0. The molecule has 0 aromatic heterocycles. The number of aromatic carboxylic acids is 2. The number of carbonyl (C=O) groups is 2. The average Bonchev–Trinajstić information content (AvgIpc) is 3.38. The molecule has 0 amide bonds. The molecule has 11 heteroatoms. The number of phenols is 2. The van der Waals surface area contributed by atoms with Crippen molar-refractivity contribution in [2.24, 2.45) is 9.98 Å². The van der Waals surface area contributed by atoms with E-state index >= 15 is 0 Å². The van der Waals surface area contributed by atoms with Gasteiger partial charge in [0.15, 0.2) is 0 Å². The second kappa shape index (κ2) is 39.9. The Morgan fingerprint density at radius 3 is 1.20 bits per heavy atom. The molecule has 0 aliphatic carbocycles. The quantitative estimate of drug-likeness (QED) is 0.0172. The maximum atomic E-state index is 11.3.